The molecule has 0 fully saturated rings. The first kappa shape index (κ1) is 14.2. The Kier molecular flexibility index (Phi) is 4.86. The topological polar surface area (TPSA) is 92.9 Å². The van der Waals surface area contributed by atoms with Gasteiger partial charge in [-0.2, -0.15) is 0 Å². The van der Waals surface area contributed by atoms with Crippen LogP contribution in [0, 0.1) is 0 Å². The van der Waals surface area contributed by atoms with E-state index in [0.29, 0.717) is 17.4 Å². The number of nitrogens with two attached hydrogens (primary N) is 1. The normalized spacial score (nSPS) is 10.1. The third kappa shape index (κ3) is 3.91. The number of aromatic nitrogens is 2. The molecule has 6 nitrogen and oxygen atoms in total. The standard InChI is InChI=1S/C13H14ClN5O/c14-10-3-1-9(2-4-10)5-6-16-13(20)11-7-18-12(19-15)8-17-11/h1-4,7-8H,5-6,15H2,(H,16,20)(H,18,19). The van der Waals surface area contributed by atoms with Gasteiger partial charge in [-0.25, -0.2) is 15.8 Å². The zero-order valence-corrected chi connectivity index (χ0v) is 11.4. The highest BCUT2D eigenvalue weighted by molar-refractivity contribution is 6.30. The van der Waals surface area contributed by atoms with Crippen molar-refractivity contribution in [2.24, 2.45) is 5.84 Å². The predicted octanol–water partition coefficient (Wildman–Crippen LogP) is 1.39. The third-order valence-corrected chi connectivity index (χ3v) is 2.90. The predicted molar refractivity (Wildman–Crippen MR) is 77.3 cm³/mol. The zero-order chi connectivity index (χ0) is 14.4. The molecule has 0 radical (unpaired) electrons. The molecule has 1 heterocycles. The van der Waals surface area contributed by atoms with Crippen LogP contribution in [0.5, 0.6) is 0 Å². The third-order valence-electron chi connectivity index (χ3n) is 2.64. The number of hydrazine groups is 1. The lowest BCUT2D eigenvalue weighted by Gasteiger charge is -2.05. The lowest BCUT2D eigenvalue weighted by molar-refractivity contribution is 0.0949. The van der Waals surface area contributed by atoms with Crippen LogP contribution in [-0.2, 0) is 6.42 Å². The first-order chi connectivity index (χ1) is 9.69. The summed E-state index contributed by atoms with van der Waals surface area (Å²) in [4.78, 5) is 19.7. The van der Waals surface area contributed by atoms with E-state index in [4.69, 9.17) is 17.4 Å². The summed E-state index contributed by atoms with van der Waals surface area (Å²) in [5, 5.41) is 3.47. The van der Waals surface area contributed by atoms with E-state index in [0.717, 1.165) is 12.0 Å². The maximum Gasteiger partial charge on any atom is 0.271 e. The van der Waals surface area contributed by atoms with E-state index in [1.54, 1.807) is 0 Å². The molecule has 0 aliphatic rings. The number of benzene rings is 1. The van der Waals surface area contributed by atoms with Crippen LogP contribution in [0.1, 0.15) is 16.1 Å². The van der Waals surface area contributed by atoms with Crippen LogP contribution in [0.3, 0.4) is 0 Å². The highest BCUT2D eigenvalue weighted by Crippen LogP contribution is 2.09. The Morgan fingerprint density at radius 3 is 2.55 bits per heavy atom. The number of halogens is 1. The molecule has 1 aromatic heterocycles. The summed E-state index contributed by atoms with van der Waals surface area (Å²) in [6, 6.07) is 7.50. The minimum atomic E-state index is -0.268. The quantitative estimate of drug-likeness (QED) is 0.572. The van der Waals surface area contributed by atoms with Gasteiger partial charge in [0.2, 0.25) is 0 Å². The van der Waals surface area contributed by atoms with Gasteiger partial charge >= 0.3 is 0 Å². The van der Waals surface area contributed by atoms with E-state index in [2.05, 4.69) is 20.7 Å². The Labute approximate surface area is 121 Å². The summed E-state index contributed by atoms with van der Waals surface area (Å²) in [6.07, 6.45) is 3.49. The summed E-state index contributed by atoms with van der Waals surface area (Å²) in [7, 11) is 0. The molecule has 0 atom stereocenters. The maximum absolute atomic E-state index is 11.8. The second kappa shape index (κ2) is 6.83. The first-order valence-electron chi connectivity index (χ1n) is 6.00. The number of nitrogens with one attached hydrogen (secondary N) is 2. The van der Waals surface area contributed by atoms with E-state index in [-0.39, 0.29) is 11.6 Å². The van der Waals surface area contributed by atoms with Crippen molar-refractivity contribution in [1.29, 1.82) is 0 Å². The van der Waals surface area contributed by atoms with Crippen molar-refractivity contribution in [1.82, 2.24) is 15.3 Å². The van der Waals surface area contributed by atoms with E-state index in [9.17, 15) is 4.79 Å². The lowest BCUT2D eigenvalue weighted by atomic mass is 10.1. The minimum absolute atomic E-state index is 0.250. The minimum Gasteiger partial charge on any atom is -0.350 e. The van der Waals surface area contributed by atoms with Crippen LogP contribution in [0.4, 0.5) is 5.82 Å². The lowest BCUT2D eigenvalue weighted by Crippen LogP contribution is -2.26. The number of rotatable bonds is 5. The fraction of sp³-hybridized carbons (Fsp3) is 0.154. The first-order valence-corrected chi connectivity index (χ1v) is 6.38. The smallest absolute Gasteiger partial charge is 0.271 e. The van der Waals surface area contributed by atoms with Crippen LogP contribution in [0.2, 0.25) is 5.02 Å². The second-order valence-electron chi connectivity index (χ2n) is 4.06. The molecular weight excluding hydrogens is 278 g/mol. The summed E-state index contributed by atoms with van der Waals surface area (Å²) in [6.45, 7) is 0.513. The fourth-order valence-electron chi connectivity index (χ4n) is 1.58. The molecule has 0 aliphatic heterocycles. The van der Waals surface area contributed by atoms with Crippen LogP contribution in [0.15, 0.2) is 36.7 Å². The van der Waals surface area contributed by atoms with Crippen molar-refractivity contribution >= 4 is 23.3 Å². The summed E-state index contributed by atoms with van der Waals surface area (Å²) in [5.74, 6) is 5.31. The molecule has 0 unspecified atom stereocenters. The molecular formula is C13H14ClN5O. The Morgan fingerprint density at radius 2 is 1.95 bits per heavy atom. The number of nitrogen functional groups attached to an aromatic ring is 1. The average molecular weight is 292 g/mol. The summed E-state index contributed by atoms with van der Waals surface area (Å²) >= 11 is 5.80. The molecule has 104 valence electrons. The SMILES string of the molecule is NNc1cnc(C(=O)NCCc2ccc(Cl)cc2)cn1. The van der Waals surface area contributed by atoms with Gasteiger partial charge in [-0.05, 0) is 24.1 Å². The number of carbonyl (C=O) groups excluding carboxylic acids is 1. The van der Waals surface area contributed by atoms with Gasteiger partial charge in [0.25, 0.3) is 5.91 Å². The van der Waals surface area contributed by atoms with E-state index < -0.39 is 0 Å². The van der Waals surface area contributed by atoms with Crippen LogP contribution in [-0.4, -0.2) is 22.4 Å². The van der Waals surface area contributed by atoms with Gasteiger partial charge in [-0.1, -0.05) is 23.7 Å². The van der Waals surface area contributed by atoms with Gasteiger partial charge in [-0.15, -0.1) is 0 Å². The Hall–Kier alpha value is -2.18. The van der Waals surface area contributed by atoms with Gasteiger partial charge in [0.1, 0.15) is 5.69 Å². The molecule has 0 aliphatic carbocycles. The molecule has 0 saturated carbocycles. The highest BCUT2D eigenvalue weighted by Gasteiger charge is 2.07. The van der Waals surface area contributed by atoms with Gasteiger partial charge in [0.15, 0.2) is 5.82 Å². The molecule has 7 heteroatoms. The molecule has 20 heavy (non-hydrogen) atoms. The molecule has 1 amide bonds. The number of carbonyl (C=O) groups is 1. The second-order valence-corrected chi connectivity index (χ2v) is 4.50. The number of amides is 1. The zero-order valence-electron chi connectivity index (χ0n) is 10.6. The van der Waals surface area contributed by atoms with E-state index in [1.165, 1.54) is 12.4 Å². The van der Waals surface area contributed by atoms with Crippen molar-refractivity contribution in [2.45, 2.75) is 6.42 Å². The van der Waals surface area contributed by atoms with Crippen LogP contribution in [0.25, 0.3) is 0 Å². The number of nitrogens with zero attached hydrogens (tertiary/aromatic N) is 2. The van der Waals surface area contributed by atoms with E-state index in [1.807, 2.05) is 24.3 Å². The summed E-state index contributed by atoms with van der Waals surface area (Å²) < 4.78 is 0. The van der Waals surface area contributed by atoms with Gasteiger partial charge in [0.05, 0.1) is 12.4 Å². The van der Waals surface area contributed by atoms with Crippen molar-refractivity contribution in [2.75, 3.05) is 12.0 Å². The molecule has 0 saturated heterocycles. The van der Waals surface area contributed by atoms with Crippen molar-refractivity contribution in [3.63, 3.8) is 0 Å². The maximum atomic E-state index is 11.8. The largest absolute Gasteiger partial charge is 0.350 e. The van der Waals surface area contributed by atoms with Crippen molar-refractivity contribution < 1.29 is 4.79 Å². The van der Waals surface area contributed by atoms with Crippen LogP contribution < -0.4 is 16.6 Å². The van der Waals surface area contributed by atoms with Gasteiger partial charge < -0.3 is 10.7 Å². The van der Waals surface area contributed by atoms with Gasteiger partial charge in [0, 0.05) is 11.6 Å². The molecule has 4 N–H and O–H groups in total. The van der Waals surface area contributed by atoms with Crippen molar-refractivity contribution in [3.05, 3.63) is 52.9 Å². The monoisotopic (exact) mass is 291 g/mol. The molecule has 2 rings (SSSR count). The Morgan fingerprint density at radius 1 is 1.20 bits per heavy atom. The fourth-order valence-corrected chi connectivity index (χ4v) is 1.71. The molecule has 0 spiro atoms. The number of hydrogen-bond acceptors (Lipinski definition) is 5. The number of anilines is 1. The Balaban J connectivity index is 1.83. The Bertz CT molecular complexity index is 570. The molecule has 0 bridgehead atoms. The van der Waals surface area contributed by atoms with Crippen molar-refractivity contribution in [3.8, 4) is 0 Å². The molecule has 2 aromatic rings. The molecule has 1 aromatic carbocycles. The van der Waals surface area contributed by atoms with Crippen LogP contribution >= 0.6 is 11.6 Å². The van der Waals surface area contributed by atoms with E-state index >= 15 is 0 Å². The van der Waals surface area contributed by atoms with Gasteiger partial charge in [-0.3, -0.25) is 4.79 Å². The average Bonchev–Trinajstić information content (AvgIpc) is 2.49. The summed E-state index contributed by atoms with van der Waals surface area (Å²) in [5.41, 5.74) is 3.70. The highest BCUT2D eigenvalue weighted by atomic mass is 35.5. The number of hydrogen-bond donors (Lipinski definition) is 3.